The summed E-state index contributed by atoms with van der Waals surface area (Å²) in [4.78, 5) is 10.4. The van der Waals surface area contributed by atoms with E-state index in [9.17, 15) is 0 Å². The molecule has 0 radical (unpaired) electrons. The molecule has 142 valence electrons. The molecular formula is C22H22N4OS. The van der Waals surface area contributed by atoms with Crippen LogP contribution in [0.25, 0.3) is 21.3 Å². The summed E-state index contributed by atoms with van der Waals surface area (Å²) in [6.45, 7) is 1.97. The molecule has 0 aliphatic heterocycles. The van der Waals surface area contributed by atoms with Crippen molar-refractivity contribution in [2.75, 3.05) is 30.9 Å². The number of ether oxygens (including phenoxy) is 1. The molecule has 28 heavy (non-hydrogen) atoms. The van der Waals surface area contributed by atoms with Gasteiger partial charge in [-0.1, -0.05) is 60.7 Å². The van der Waals surface area contributed by atoms with Gasteiger partial charge < -0.3 is 15.4 Å². The second-order valence-corrected chi connectivity index (χ2v) is 7.21. The van der Waals surface area contributed by atoms with Gasteiger partial charge in [-0.05, 0) is 11.1 Å². The Kier molecular flexibility index (Phi) is 5.80. The van der Waals surface area contributed by atoms with Gasteiger partial charge in [0.05, 0.1) is 12.0 Å². The number of nitrogens with zero attached hydrogens (tertiary/aromatic N) is 2. The van der Waals surface area contributed by atoms with Crippen LogP contribution in [-0.4, -0.2) is 30.2 Å². The predicted octanol–water partition coefficient (Wildman–Crippen LogP) is 5.03. The number of rotatable bonds is 8. The van der Waals surface area contributed by atoms with Crippen molar-refractivity contribution in [1.82, 2.24) is 9.97 Å². The Morgan fingerprint density at radius 2 is 1.68 bits per heavy atom. The third kappa shape index (κ3) is 4.13. The van der Waals surface area contributed by atoms with E-state index in [0.29, 0.717) is 25.6 Å². The molecule has 4 rings (SSSR count). The normalized spacial score (nSPS) is 10.9. The van der Waals surface area contributed by atoms with E-state index in [1.807, 2.05) is 24.3 Å². The van der Waals surface area contributed by atoms with E-state index in [0.717, 1.165) is 21.6 Å². The quantitative estimate of drug-likeness (QED) is 0.413. The molecule has 0 atom stereocenters. The SMILES string of the molecule is COCCNc1nc(NCc2ccccc2)c2c(-c3ccccc3)csc2n1. The molecule has 0 saturated carbocycles. The largest absolute Gasteiger partial charge is 0.383 e. The minimum absolute atomic E-state index is 0.605. The van der Waals surface area contributed by atoms with Crippen LogP contribution in [0, 0.1) is 0 Å². The predicted molar refractivity (Wildman–Crippen MR) is 117 cm³/mol. The van der Waals surface area contributed by atoms with E-state index in [1.54, 1.807) is 18.4 Å². The number of methoxy groups -OCH3 is 1. The van der Waals surface area contributed by atoms with Crippen molar-refractivity contribution in [3.05, 3.63) is 71.6 Å². The summed E-state index contributed by atoms with van der Waals surface area (Å²) in [5.74, 6) is 1.45. The minimum Gasteiger partial charge on any atom is -0.383 e. The van der Waals surface area contributed by atoms with Gasteiger partial charge in [0.25, 0.3) is 0 Å². The zero-order valence-electron chi connectivity index (χ0n) is 15.7. The highest BCUT2D eigenvalue weighted by Gasteiger charge is 2.15. The van der Waals surface area contributed by atoms with Crippen LogP contribution in [0.2, 0.25) is 0 Å². The van der Waals surface area contributed by atoms with Gasteiger partial charge in [-0.3, -0.25) is 0 Å². The van der Waals surface area contributed by atoms with Gasteiger partial charge in [0.15, 0.2) is 0 Å². The summed E-state index contributed by atoms with van der Waals surface area (Å²) in [7, 11) is 1.68. The van der Waals surface area contributed by atoms with Crippen molar-refractivity contribution < 1.29 is 4.74 Å². The molecule has 4 aromatic rings. The maximum absolute atomic E-state index is 5.12. The van der Waals surface area contributed by atoms with Crippen LogP contribution < -0.4 is 10.6 Å². The number of anilines is 2. The van der Waals surface area contributed by atoms with Crippen LogP contribution in [-0.2, 0) is 11.3 Å². The lowest BCUT2D eigenvalue weighted by Crippen LogP contribution is -2.11. The third-order valence-electron chi connectivity index (χ3n) is 4.41. The van der Waals surface area contributed by atoms with Crippen molar-refractivity contribution in [1.29, 1.82) is 0 Å². The van der Waals surface area contributed by atoms with Gasteiger partial charge in [-0.2, -0.15) is 4.98 Å². The third-order valence-corrected chi connectivity index (χ3v) is 5.28. The lowest BCUT2D eigenvalue weighted by Gasteiger charge is -2.12. The first-order valence-corrected chi connectivity index (χ1v) is 10.1. The van der Waals surface area contributed by atoms with Crippen molar-refractivity contribution in [2.45, 2.75) is 6.54 Å². The highest BCUT2D eigenvalue weighted by atomic mass is 32.1. The molecule has 0 spiro atoms. The zero-order chi connectivity index (χ0) is 19.2. The van der Waals surface area contributed by atoms with E-state index < -0.39 is 0 Å². The van der Waals surface area contributed by atoms with E-state index >= 15 is 0 Å². The number of hydrogen-bond acceptors (Lipinski definition) is 6. The monoisotopic (exact) mass is 390 g/mol. The molecule has 0 aliphatic rings. The number of nitrogens with one attached hydrogen (secondary N) is 2. The zero-order valence-corrected chi connectivity index (χ0v) is 16.5. The van der Waals surface area contributed by atoms with Crippen molar-refractivity contribution in [3.63, 3.8) is 0 Å². The summed E-state index contributed by atoms with van der Waals surface area (Å²) in [6, 6.07) is 20.7. The first kappa shape index (κ1) is 18.4. The fraction of sp³-hybridized carbons (Fsp3) is 0.182. The number of thiophene rings is 1. The van der Waals surface area contributed by atoms with Crippen molar-refractivity contribution in [3.8, 4) is 11.1 Å². The second kappa shape index (κ2) is 8.82. The lowest BCUT2D eigenvalue weighted by atomic mass is 10.1. The maximum atomic E-state index is 5.12. The standard InChI is InChI=1S/C22H22N4OS/c1-27-13-12-23-22-25-20(24-14-16-8-4-2-5-9-16)19-18(15-28-21(19)26-22)17-10-6-3-7-11-17/h2-11,15H,12-14H2,1H3,(H2,23,24,25,26). The summed E-state index contributed by atoms with van der Waals surface area (Å²) in [5.41, 5.74) is 3.53. The number of fused-ring (bicyclic) bond motifs is 1. The molecule has 2 heterocycles. The van der Waals surface area contributed by atoms with E-state index in [1.165, 1.54) is 11.1 Å². The molecule has 5 nitrogen and oxygen atoms in total. The smallest absolute Gasteiger partial charge is 0.226 e. The topological polar surface area (TPSA) is 59.1 Å². The molecule has 0 aliphatic carbocycles. The van der Waals surface area contributed by atoms with E-state index in [2.05, 4.69) is 52.4 Å². The Morgan fingerprint density at radius 1 is 0.929 bits per heavy atom. The molecule has 2 aromatic carbocycles. The Labute approximate surface area is 168 Å². The Morgan fingerprint density at radius 3 is 2.43 bits per heavy atom. The van der Waals surface area contributed by atoms with Crippen LogP contribution in [0.15, 0.2) is 66.0 Å². The van der Waals surface area contributed by atoms with Crippen LogP contribution in [0.1, 0.15) is 5.56 Å². The Balaban J connectivity index is 1.72. The van der Waals surface area contributed by atoms with Crippen molar-refractivity contribution in [2.24, 2.45) is 0 Å². The van der Waals surface area contributed by atoms with Crippen molar-refractivity contribution >= 4 is 33.3 Å². The van der Waals surface area contributed by atoms with Crippen LogP contribution in [0.5, 0.6) is 0 Å². The molecule has 6 heteroatoms. The molecule has 2 N–H and O–H groups in total. The van der Waals surface area contributed by atoms with Gasteiger partial charge in [-0.25, -0.2) is 4.98 Å². The summed E-state index contributed by atoms with van der Waals surface area (Å²) in [6.07, 6.45) is 0. The average Bonchev–Trinajstić information content (AvgIpc) is 3.18. The first-order valence-electron chi connectivity index (χ1n) is 9.20. The maximum Gasteiger partial charge on any atom is 0.226 e. The lowest BCUT2D eigenvalue weighted by molar-refractivity contribution is 0.210. The highest BCUT2D eigenvalue weighted by molar-refractivity contribution is 7.17. The fourth-order valence-corrected chi connectivity index (χ4v) is 3.97. The second-order valence-electron chi connectivity index (χ2n) is 6.35. The molecule has 0 unspecified atom stereocenters. The molecule has 2 aromatic heterocycles. The molecular weight excluding hydrogens is 368 g/mol. The van der Waals surface area contributed by atoms with E-state index in [-0.39, 0.29) is 0 Å². The van der Waals surface area contributed by atoms with Gasteiger partial charge in [0.1, 0.15) is 10.6 Å². The summed E-state index contributed by atoms with van der Waals surface area (Å²) >= 11 is 1.64. The molecule has 0 bridgehead atoms. The van der Waals surface area contributed by atoms with Crippen LogP contribution >= 0.6 is 11.3 Å². The number of aromatic nitrogens is 2. The molecule has 0 amide bonds. The van der Waals surface area contributed by atoms with Crippen LogP contribution in [0.3, 0.4) is 0 Å². The van der Waals surface area contributed by atoms with Gasteiger partial charge in [0.2, 0.25) is 5.95 Å². The number of benzene rings is 2. The summed E-state index contributed by atoms with van der Waals surface area (Å²) in [5, 5.41) is 9.97. The minimum atomic E-state index is 0.605. The molecule has 0 fully saturated rings. The van der Waals surface area contributed by atoms with Gasteiger partial charge in [0, 0.05) is 31.1 Å². The van der Waals surface area contributed by atoms with Crippen LogP contribution in [0.4, 0.5) is 11.8 Å². The average molecular weight is 391 g/mol. The summed E-state index contributed by atoms with van der Waals surface area (Å²) < 4.78 is 5.12. The highest BCUT2D eigenvalue weighted by Crippen LogP contribution is 2.37. The van der Waals surface area contributed by atoms with Gasteiger partial charge >= 0.3 is 0 Å². The Bertz CT molecular complexity index is 1030. The van der Waals surface area contributed by atoms with Gasteiger partial charge in [-0.15, -0.1) is 11.3 Å². The Hall–Kier alpha value is -2.96. The van der Waals surface area contributed by atoms with E-state index in [4.69, 9.17) is 14.7 Å². The fourth-order valence-electron chi connectivity index (χ4n) is 3.03. The number of hydrogen-bond donors (Lipinski definition) is 2. The molecule has 0 saturated heterocycles. The first-order chi connectivity index (χ1) is 13.8.